The summed E-state index contributed by atoms with van der Waals surface area (Å²) in [7, 11) is 1.61. The van der Waals surface area contributed by atoms with Gasteiger partial charge in [0.25, 0.3) is 0 Å². The van der Waals surface area contributed by atoms with E-state index in [4.69, 9.17) is 9.84 Å². The van der Waals surface area contributed by atoms with Crippen LogP contribution in [0.1, 0.15) is 26.7 Å². The Bertz CT molecular complexity index is 202. The lowest BCUT2D eigenvalue weighted by Crippen LogP contribution is -2.31. The van der Waals surface area contributed by atoms with E-state index in [1.165, 1.54) is 0 Å². The van der Waals surface area contributed by atoms with Crippen LogP contribution in [0.25, 0.3) is 0 Å². The highest BCUT2D eigenvalue weighted by Gasteiger charge is 2.51. The van der Waals surface area contributed by atoms with Crippen LogP contribution in [0.15, 0.2) is 0 Å². The van der Waals surface area contributed by atoms with Gasteiger partial charge in [-0.3, -0.25) is 4.79 Å². The Balaban J connectivity index is 2.58. The van der Waals surface area contributed by atoms with Gasteiger partial charge in [0.15, 0.2) is 0 Å². The Labute approximate surface area is 79.1 Å². The third kappa shape index (κ3) is 2.02. The van der Waals surface area contributed by atoms with Crippen LogP contribution < -0.4 is 0 Å². The molecule has 1 aliphatic carbocycles. The molecule has 0 bridgehead atoms. The summed E-state index contributed by atoms with van der Waals surface area (Å²) in [5, 5.41) is 9.13. The summed E-state index contributed by atoms with van der Waals surface area (Å²) < 4.78 is 4.94. The number of carboxylic acid groups (broad SMARTS) is 1. The molecule has 0 radical (unpaired) electrons. The molecule has 0 aromatic heterocycles. The van der Waals surface area contributed by atoms with Crippen molar-refractivity contribution in [2.75, 3.05) is 13.7 Å². The maximum Gasteiger partial charge on any atom is 0.309 e. The zero-order valence-electron chi connectivity index (χ0n) is 8.54. The third-order valence-electron chi connectivity index (χ3n) is 3.24. The molecule has 1 aliphatic rings. The highest BCUT2D eigenvalue weighted by molar-refractivity contribution is 5.75. The molecule has 3 nitrogen and oxygen atoms in total. The van der Waals surface area contributed by atoms with Gasteiger partial charge in [-0.25, -0.2) is 0 Å². The molecule has 0 aromatic carbocycles. The van der Waals surface area contributed by atoms with E-state index < -0.39 is 11.4 Å². The number of methoxy groups -OCH3 is 1. The third-order valence-corrected chi connectivity index (χ3v) is 3.24. The molecule has 0 heterocycles. The zero-order valence-corrected chi connectivity index (χ0v) is 8.54. The van der Waals surface area contributed by atoms with E-state index in [9.17, 15) is 4.79 Å². The number of aliphatic carboxylic acids is 1. The summed E-state index contributed by atoms with van der Waals surface area (Å²) in [4.78, 5) is 11.1. The first-order valence-corrected chi connectivity index (χ1v) is 4.74. The monoisotopic (exact) mass is 186 g/mol. The molecule has 76 valence electrons. The number of hydrogen-bond donors (Lipinski definition) is 1. The van der Waals surface area contributed by atoms with Gasteiger partial charge in [-0.2, -0.15) is 0 Å². The molecule has 1 saturated carbocycles. The average Bonchev–Trinajstić information content (AvgIpc) is 2.78. The van der Waals surface area contributed by atoms with Crippen molar-refractivity contribution in [2.45, 2.75) is 26.7 Å². The Kier molecular flexibility index (Phi) is 2.96. The van der Waals surface area contributed by atoms with E-state index in [1.54, 1.807) is 7.11 Å². The molecule has 0 saturated heterocycles. The highest BCUT2D eigenvalue weighted by Crippen LogP contribution is 2.52. The second-order valence-corrected chi connectivity index (χ2v) is 4.28. The summed E-state index contributed by atoms with van der Waals surface area (Å²) in [6.07, 6.45) is 1.67. The molecule has 0 spiro atoms. The molecule has 13 heavy (non-hydrogen) atoms. The van der Waals surface area contributed by atoms with Crippen LogP contribution >= 0.6 is 0 Å². The van der Waals surface area contributed by atoms with Gasteiger partial charge in [-0.05, 0) is 31.6 Å². The highest BCUT2D eigenvalue weighted by atomic mass is 16.5. The van der Waals surface area contributed by atoms with Gasteiger partial charge in [-0.1, -0.05) is 6.92 Å². The van der Waals surface area contributed by atoms with Gasteiger partial charge < -0.3 is 9.84 Å². The van der Waals surface area contributed by atoms with E-state index in [2.05, 4.69) is 6.92 Å². The molecular formula is C10H18O3. The fourth-order valence-electron chi connectivity index (χ4n) is 1.98. The summed E-state index contributed by atoms with van der Waals surface area (Å²) in [5.41, 5.74) is -0.574. The lowest BCUT2D eigenvalue weighted by molar-refractivity contribution is -0.150. The van der Waals surface area contributed by atoms with Crippen LogP contribution in [-0.4, -0.2) is 24.8 Å². The largest absolute Gasteiger partial charge is 0.481 e. The van der Waals surface area contributed by atoms with Crippen molar-refractivity contribution in [3.63, 3.8) is 0 Å². The van der Waals surface area contributed by atoms with Crippen LogP contribution in [0.4, 0.5) is 0 Å². The van der Waals surface area contributed by atoms with Crippen LogP contribution in [0, 0.1) is 17.3 Å². The Hall–Kier alpha value is -0.570. The average molecular weight is 186 g/mol. The molecule has 0 amide bonds. The molecule has 3 unspecified atom stereocenters. The molecule has 0 aliphatic heterocycles. The second kappa shape index (κ2) is 3.66. The predicted octanol–water partition coefficient (Wildman–Crippen LogP) is 1.77. The Morgan fingerprint density at radius 1 is 1.69 bits per heavy atom. The molecule has 1 N–H and O–H groups in total. The van der Waals surface area contributed by atoms with Crippen molar-refractivity contribution in [1.82, 2.24) is 0 Å². The van der Waals surface area contributed by atoms with Crippen molar-refractivity contribution in [3.8, 4) is 0 Å². The second-order valence-electron chi connectivity index (χ2n) is 4.28. The van der Waals surface area contributed by atoms with Gasteiger partial charge in [0.05, 0.1) is 5.41 Å². The smallest absolute Gasteiger partial charge is 0.309 e. The minimum atomic E-state index is -0.682. The number of hydrogen-bond acceptors (Lipinski definition) is 2. The number of carboxylic acids is 1. The van der Waals surface area contributed by atoms with E-state index in [0.717, 1.165) is 6.42 Å². The van der Waals surface area contributed by atoms with Gasteiger partial charge in [0, 0.05) is 13.7 Å². The lowest BCUT2D eigenvalue weighted by Gasteiger charge is -2.24. The summed E-state index contributed by atoms with van der Waals surface area (Å²) in [6, 6.07) is 0. The van der Waals surface area contributed by atoms with Crippen LogP contribution in [0.3, 0.4) is 0 Å². The minimum absolute atomic E-state index is 0.347. The van der Waals surface area contributed by atoms with E-state index in [1.807, 2.05) is 6.92 Å². The van der Waals surface area contributed by atoms with E-state index in [-0.39, 0.29) is 0 Å². The van der Waals surface area contributed by atoms with Crippen LogP contribution in [-0.2, 0) is 9.53 Å². The summed E-state index contributed by atoms with van der Waals surface area (Å²) >= 11 is 0. The Morgan fingerprint density at radius 2 is 2.23 bits per heavy atom. The number of ether oxygens (including phenoxy) is 1. The standard InChI is InChI=1S/C10H18O3/c1-7-6-8(7)10(2,9(11)12)4-5-13-3/h7-8H,4-6H2,1-3H3,(H,11,12). The number of rotatable bonds is 5. The van der Waals surface area contributed by atoms with E-state index in [0.29, 0.717) is 24.9 Å². The molecule has 0 aromatic rings. The maximum atomic E-state index is 11.1. The first-order valence-electron chi connectivity index (χ1n) is 4.74. The minimum Gasteiger partial charge on any atom is -0.481 e. The van der Waals surface area contributed by atoms with Crippen molar-refractivity contribution in [3.05, 3.63) is 0 Å². The summed E-state index contributed by atoms with van der Waals surface area (Å²) in [6.45, 7) is 4.48. The van der Waals surface area contributed by atoms with Gasteiger partial charge in [0.2, 0.25) is 0 Å². The fraction of sp³-hybridized carbons (Fsp3) is 0.900. The van der Waals surface area contributed by atoms with E-state index >= 15 is 0 Å². The van der Waals surface area contributed by atoms with Crippen LogP contribution in [0.5, 0.6) is 0 Å². The molecule has 3 atom stereocenters. The quantitative estimate of drug-likeness (QED) is 0.711. The lowest BCUT2D eigenvalue weighted by atomic mass is 9.81. The Morgan fingerprint density at radius 3 is 2.54 bits per heavy atom. The first kappa shape index (κ1) is 10.5. The van der Waals surface area contributed by atoms with Crippen molar-refractivity contribution in [1.29, 1.82) is 0 Å². The SMILES string of the molecule is COCCC(C)(C(=O)O)C1CC1C. The molecule has 1 rings (SSSR count). The fourth-order valence-corrected chi connectivity index (χ4v) is 1.98. The zero-order chi connectivity index (χ0) is 10.1. The van der Waals surface area contributed by atoms with Gasteiger partial charge in [0.1, 0.15) is 0 Å². The normalized spacial score (nSPS) is 31.0. The van der Waals surface area contributed by atoms with Gasteiger partial charge >= 0.3 is 5.97 Å². The molecular weight excluding hydrogens is 168 g/mol. The van der Waals surface area contributed by atoms with Crippen LogP contribution in [0.2, 0.25) is 0 Å². The first-order chi connectivity index (χ1) is 6.02. The van der Waals surface area contributed by atoms with Crippen molar-refractivity contribution >= 4 is 5.97 Å². The van der Waals surface area contributed by atoms with Crippen molar-refractivity contribution in [2.24, 2.45) is 17.3 Å². The summed E-state index contributed by atoms with van der Waals surface area (Å²) in [5.74, 6) is 0.233. The molecule has 3 heteroatoms. The van der Waals surface area contributed by atoms with Crippen molar-refractivity contribution < 1.29 is 14.6 Å². The predicted molar refractivity (Wildman–Crippen MR) is 49.5 cm³/mol. The number of carbonyl (C=O) groups is 1. The topological polar surface area (TPSA) is 46.5 Å². The van der Waals surface area contributed by atoms with Gasteiger partial charge in [-0.15, -0.1) is 0 Å². The molecule has 1 fully saturated rings. The maximum absolute atomic E-state index is 11.1.